The molecule has 5 nitrogen and oxygen atoms in total. The van der Waals surface area contributed by atoms with Crippen molar-refractivity contribution >= 4 is 38.5 Å². The van der Waals surface area contributed by atoms with E-state index in [9.17, 15) is 0 Å². The van der Waals surface area contributed by atoms with Crippen LogP contribution in [0.25, 0.3) is 61.0 Å². The Hall–Kier alpha value is -5.29. The van der Waals surface area contributed by atoms with Crippen LogP contribution in [0.15, 0.2) is 128 Å². The maximum Gasteiger partial charge on any atom is 0.140 e. The van der Waals surface area contributed by atoms with Crippen molar-refractivity contribution in [1.82, 2.24) is 19.0 Å². The molecular formula is C36H29N5. The molecule has 0 radical (unpaired) electrons. The molecule has 0 atom stereocenters. The van der Waals surface area contributed by atoms with E-state index in [1.807, 2.05) is 0 Å². The van der Waals surface area contributed by atoms with Gasteiger partial charge in [-0.1, -0.05) is 78.9 Å². The number of para-hydroxylation sites is 2. The highest BCUT2D eigenvalue weighted by Gasteiger charge is 2.18. The van der Waals surface area contributed by atoms with E-state index in [1.54, 1.807) is 0 Å². The molecule has 5 aromatic carbocycles. The zero-order valence-corrected chi connectivity index (χ0v) is 23.1. The minimum atomic E-state index is 0.846. The standard InChI is InChI=1S/C36H29N5/c1-38-20-21-40(24-38)27-12-8-13-28(23-27)41-33-17-7-6-14-30(33)31-19-18-26(22-34(31)41)36-37-32-16-9-15-29(35(32)39(36)2)25-10-4-3-5-11-25/h3-23H,24H2,1-2H3. The molecule has 7 aromatic rings. The van der Waals surface area contributed by atoms with Gasteiger partial charge in [-0.25, -0.2) is 4.98 Å². The highest BCUT2D eigenvalue weighted by Crippen LogP contribution is 2.37. The number of nitrogens with zero attached hydrogens (tertiary/aromatic N) is 5. The molecule has 0 bridgehead atoms. The lowest BCUT2D eigenvalue weighted by molar-refractivity contribution is 0.496. The van der Waals surface area contributed by atoms with Crippen molar-refractivity contribution < 1.29 is 0 Å². The molecule has 0 fully saturated rings. The third kappa shape index (κ3) is 3.74. The van der Waals surface area contributed by atoms with Crippen LogP contribution in [0.4, 0.5) is 5.69 Å². The Labute approximate surface area is 238 Å². The predicted octanol–water partition coefficient (Wildman–Crippen LogP) is 8.18. The third-order valence-corrected chi connectivity index (χ3v) is 8.21. The molecule has 0 unspecified atom stereocenters. The lowest BCUT2D eigenvalue weighted by Crippen LogP contribution is -2.21. The minimum absolute atomic E-state index is 0.846. The fourth-order valence-electron chi connectivity index (χ4n) is 6.27. The average Bonchev–Trinajstić information content (AvgIpc) is 3.70. The summed E-state index contributed by atoms with van der Waals surface area (Å²) in [7, 11) is 4.22. The van der Waals surface area contributed by atoms with Gasteiger partial charge in [-0.2, -0.15) is 0 Å². The first-order valence-corrected chi connectivity index (χ1v) is 14.0. The molecule has 3 heterocycles. The number of imidazole rings is 1. The van der Waals surface area contributed by atoms with Gasteiger partial charge in [0.15, 0.2) is 0 Å². The highest BCUT2D eigenvalue weighted by atomic mass is 15.3. The first-order chi connectivity index (χ1) is 20.2. The van der Waals surface area contributed by atoms with Crippen LogP contribution in [0.1, 0.15) is 0 Å². The molecule has 2 aromatic heterocycles. The number of fused-ring (bicyclic) bond motifs is 4. The SMILES string of the molecule is CN1C=CN(c2cccc(-n3c4ccccc4c4ccc(-c5nc6cccc(-c7ccccc7)c6n5C)cc43)c2)C1. The largest absolute Gasteiger partial charge is 0.361 e. The molecule has 0 saturated heterocycles. The first kappa shape index (κ1) is 23.6. The second kappa shape index (κ2) is 9.14. The number of rotatable bonds is 4. The van der Waals surface area contributed by atoms with Gasteiger partial charge in [0.2, 0.25) is 0 Å². The second-order valence-electron chi connectivity index (χ2n) is 10.8. The number of benzene rings is 5. The topological polar surface area (TPSA) is 29.2 Å². The Morgan fingerprint density at radius 2 is 1.39 bits per heavy atom. The van der Waals surface area contributed by atoms with Crippen LogP contribution in [-0.4, -0.2) is 32.7 Å². The van der Waals surface area contributed by atoms with Crippen LogP contribution in [-0.2, 0) is 7.05 Å². The van der Waals surface area contributed by atoms with Crippen molar-refractivity contribution in [2.24, 2.45) is 7.05 Å². The van der Waals surface area contributed by atoms with Crippen molar-refractivity contribution in [2.45, 2.75) is 0 Å². The molecule has 1 aliphatic heterocycles. The summed E-state index contributed by atoms with van der Waals surface area (Å²) >= 11 is 0. The lowest BCUT2D eigenvalue weighted by Gasteiger charge is -2.19. The van der Waals surface area contributed by atoms with Gasteiger partial charge in [-0.05, 0) is 42.0 Å². The van der Waals surface area contributed by atoms with E-state index < -0.39 is 0 Å². The Morgan fingerprint density at radius 3 is 2.24 bits per heavy atom. The highest BCUT2D eigenvalue weighted by molar-refractivity contribution is 6.10. The van der Waals surface area contributed by atoms with E-state index in [4.69, 9.17) is 4.98 Å². The number of aromatic nitrogens is 3. The Kier molecular flexibility index (Phi) is 5.25. The van der Waals surface area contributed by atoms with E-state index in [1.165, 1.54) is 38.6 Å². The quantitative estimate of drug-likeness (QED) is 0.229. The van der Waals surface area contributed by atoms with Gasteiger partial charge in [0, 0.05) is 59.8 Å². The van der Waals surface area contributed by atoms with E-state index in [2.05, 4.69) is 161 Å². The maximum atomic E-state index is 5.14. The van der Waals surface area contributed by atoms with Crippen molar-refractivity contribution in [1.29, 1.82) is 0 Å². The van der Waals surface area contributed by atoms with Gasteiger partial charge in [-0.3, -0.25) is 0 Å². The summed E-state index contributed by atoms with van der Waals surface area (Å²) in [4.78, 5) is 9.59. The minimum Gasteiger partial charge on any atom is -0.361 e. The summed E-state index contributed by atoms with van der Waals surface area (Å²) in [5.41, 5.74) is 10.3. The average molecular weight is 532 g/mol. The Bertz CT molecular complexity index is 2120. The summed E-state index contributed by atoms with van der Waals surface area (Å²) in [6, 6.07) is 41.2. The molecule has 0 aliphatic carbocycles. The molecule has 0 spiro atoms. The van der Waals surface area contributed by atoms with E-state index in [0.29, 0.717) is 0 Å². The smallest absolute Gasteiger partial charge is 0.140 e. The third-order valence-electron chi connectivity index (χ3n) is 8.21. The molecule has 0 N–H and O–H groups in total. The fraction of sp³-hybridized carbons (Fsp3) is 0.0833. The molecular weight excluding hydrogens is 502 g/mol. The summed E-state index contributed by atoms with van der Waals surface area (Å²) in [5, 5.41) is 2.48. The monoisotopic (exact) mass is 531 g/mol. The summed E-state index contributed by atoms with van der Waals surface area (Å²) in [6.07, 6.45) is 4.25. The van der Waals surface area contributed by atoms with Gasteiger partial charge in [0.25, 0.3) is 0 Å². The van der Waals surface area contributed by atoms with Crippen molar-refractivity contribution in [3.8, 4) is 28.2 Å². The number of aryl methyl sites for hydroxylation is 1. The summed E-state index contributed by atoms with van der Waals surface area (Å²) < 4.78 is 4.63. The van der Waals surface area contributed by atoms with Crippen molar-refractivity contribution in [2.75, 3.05) is 18.6 Å². The van der Waals surface area contributed by atoms with E-state index in [0.717, 1.165) is 34.8 Å². The van der Waals surface area contributed by atoms with E-state index in [-0.39, 0.29) is 0 Å². The molecule has 198 valence electrons. The number of hydrogen-bond acceptors (Lipinski definition) is 3. The molecule has 8 rings (SSSR count). The predicted molar refractivity (Wildman–Crippen MR) is 170 cm³/mol. The van der Waals surface area contributed by atoms with Gasteiger partial charge in [0.1, 0.15) is 5.82 Å². The number of hydrogen-bond donors (Lipinski definition) is 0. The lowest BCUT2D eigenvalue weighted by atomic mass is 10.0. The Balaban J connectivity index is 1.33. The van der Waals surface area contributed by atoms with Crippen LogP contribution < -0.4 is 4.90 Å². The number of anilines is 1. The van der Waals surface area contributed by atoms with Gasteiger partial charge < -0.3 is 18.9 Å². The maximum absolute atomic E-state index is 5.14. The van der Waals surface area contributed by atoms with Crippen LogP contribution in [0.5, 0.6) is 0 Å². The van der Waals surface area contributed by atoms with Gasteiger partial charge >= 0.3 is 0 Å². The van der Waals surface area contributed by atoms with Crippen LogP contribution >= 0.6 is 0 Å². The molecule has 0 saturated carbocycles. The molecule has 0 amide bonds. The molecule has 5 heteroatoms. The second-order valence-corrected chi connectivity index (χ2v) is 10.8. The van der Waals surface area contributed by atoms with Gasteiger partial charge in [-0.15, -0.1) is 0 Å². The molecule has 41 heavy (non-hydrogen) atoms. The molecule has 1 aliphatic rings. The fourth-order valence-corrected chi connectivity index (χ4v) is 6.27. The van der Waals surface area contributed by atoms with Crippen LogP contribution in [0, 0.1) is 0 Å². The summed E-state index contributed by atoms with van der Waals surface area (Å²) in [5.74, 6) is 0.959. The van der Waals surface area contributed by atoms with Crippen LogP contribution in [0.3, 0.4) is 0 Å². The Morgan fingerprint density at radius 1 is 0.610 bits per heavy atom. The zero-order chi connectivity index (χ0) is 27.5. The zero-order valence-electron chi connectivity index (χ0n) is 23.1. The normalized spacial score (nSPS) is 13.3. The summed E-state index contributed by atoms with van der Waals surface area (Å²) in [6.45, 7) is 0.846. The van der Waals surface area contributed by atoms with E-state index >= 15 is 0 Å². The van der Waals surface area contributed by atoms with Crippen molar-refractivity contribution in [3.05, 3.63) is 128 Å². The van der Waals surface area contributed by atoms with Crippen molar-refractivity contribution in [3.63, 3.8) is 0 Å². The first-order valence-electron chi connectivity index (χ1n) is 14.0. The van der Waals surface area contributed by atoms with Gasteiger partial charge in [0.05, 0.1) is 28.7 Å². The van der Waals surface area contributed by atoms with Crippen LogP contribution in [0.2, 0.25) is 0 Å².